The van der Waals surface area contributed by atoms with Crippen molar-refractivity contribution < 1.29 is 17.4 Å². The Labute approximate surface area is 126 Å². The highest BCUT2D eigenvalue weighted by Gasteiger charge is 2.27. The number of benzene rings is 1. The van der Waals surface area contributed by atoms with Crippen LogP contribution in [0.3, 0.4) is 0 Å². The van der Waals surface area contributed by atoms with Gasteiger partial charge >= 0.3 is 0 Å². The van der Waals surface area contributed by atoms with Crippen LogP contribution in [0, 0.1) is 11.8 Å². The molecule has 1 fully saturated rings. The summed E-state index contributed by atoms with van der Waals surface area (Å²) in [6, 6.07) is 7.92. The maximum Gasteiger partial charge on any atom is 0.297 e. The van der Waals surface area contributed by atoms with Gasteiger partial charge in [0.15, 0.2) is 5.78 Å². The van der Waals surface area contributed by atoms with Gasteiger partial charge in [-0.15, -0.1) is 0 Å². The predicted octanol–water partition coefficient (Wildman–Crippen LogP) is 3.18. The first-order valence-corrected chi connectivity index (χ1v) is 8.91. The second kappa shape index (κ2) is 7.18. The zero-order valence-electron chi connectivity index (χ0n) is 12.3. The van der Waals surface area contributed by atoms with Crippen LogP contribution in [0.2, 0.25) is 0 Å². The van der Waals surface area contributed by atoms with Crippen LogP contribution < -0.4 is 0 Å². The summed E-state index contributed by atoms with van der Waals surface area (Å²) < 4.78 is 28.8. The molecule has 21 heavy (non-hydrogen) atoms. The molecule has 1 aromatic carbocycles. The number of carbonyl (C=O) groups excluding carboxylic acids is 1. The van der Waals surface area contributed by atoms with Crippen molar-refractivity contribution in [2.45, 2.75) is 43.9 Å². The summed E-state index contributed by atoms with van der Waals surface area (Å²) in [6.07, 6.45) is 4.97. The summed E-state index contributed by atoms with van der Waals surface area (Å²) >= 11 is 0. The molecule has 0 spiro atoms. The average Bonchev–Trinajstić information content (AvgIpc) is 2.53. The smallest absolute Gasteiger partial charge is 0.297 e. The first-order valence-electron chi connectivity index (χ1n) is 7.50. The van der Waals surface area contributed by atoms with E-state index in [0.29, 0.717) is 5.92 Å². The highest BCUT2D eigenvalue weighted by Crippen LogP contribution is 2.31. The minimum atomic E-state index is -3.83. The van der Waals surface area contributed by atoms with E-state index in [9.17, 15) is 13.2 Å². The molecular formula is C16H22O4S. The molecule has 0 N–H and O–H groups in total. The Balaban J connectivity index is 1.87. The van der Waals surface area contributed by atoms with Crippen molar-refractivity contribution in [2.75, 3.05) is 6.61 Å². The quantitative estimate of drug-likeness (QED) is 0.757. The molecule has 4 nitrogen and oxygen atoms in total. The molecule has 1 saturated carbocycles. The first-order chi connectivity index (χ1) is 10.0. The highest BCUT2D eigenvalue weighted by molar-refractivity contribution is 7.86. The summed E-state index contributed by atoms with van der Waals surface area (Å²) in [6.45, 7) is 1.82. The molecule has 0 atom stereocenters. The monoisotopic (exact) mass is 310 g/mol. The Morgan fingerprint density at radius 1 is 1.14 bits per heavy atom. The van der Waals surface area contributed by atoms with Gasteiger partial charge in [0, 0.05) is 5.92 Å². The van der Waals surface area contributed by atoms with Gasteiger partial charge in [0.05, 0.1) is 4.90 Å². The van der Waals surface area contributed by atoms with Gasteiger partial charge in [-0.2, -0.15) is 8.42 Å². The summed E-state index contributed by atoms with van der Waals surface area (Å²) in [4.78, 5) is 12.2. The van der Waals surface area contributed by atoms with Crippen molar-refractivity contribution in [3.8, 4) is 0 Å². The molecule has 0 radical (unpaired) electrons. The lowest BCUT2D eigenvalue weighted by Gasteiger charge is -2.26. The van der Waals surface area contributed by atoms with Gasteiger partial charge in [-0.25, -0.2) is 0 Å². The van der Waals surface area contributed by atoms with Crippen LogP contribution in [-0.4, -0.2) is 20.8 Å². The Morgan fingerprint density at radius 2 is 1.76 bits per heavy atom. The summed E-state index contributed by atoms with van der Waals surface area (Å²) in [5.74, 6) is 0.575. The van der Waals surface area contributed by atoms with Gasteiger partial charge in [-0.3, -0.25) is 8.98 Å². The second-order valence-corrected chi connectivity index (χ2v) is 7.24. The molecule has 0 heterocycles. The fourth-order valence-corrected chi connectivity index (χ4v) is 3.70. The van der Waals surface area contributed by atoms with Gasteiger partial charge in [-0.05, 0) is 43.7 Å². The lowest BCUT2D eigenvalue weighted by Crippen LogP contribution is -2.26. The number of hydrogen-bond donors (Lipinski definition) is 0. The van der Waals surface area contributed by atoms with Gasteiger partial charge in [0.2, 0.25) is 0 Å². The lowest BCUT2D eigenvalue weighted by molar-refractivity contribution is -0.126. The first kappa shape index (κ1) is 16.2. The number of ketones is 1. The van der Waals surface area contributed by atoms with Crippen molar-refractivity contribution >= 4 is 15.9 Å². The summed E-state index contributed by atoms with van der Waals surface area (Å²) in [7, 11) is -3.83. The Morgan fingerprint density at radius 3 is 2.33 bits per heavy atom. The van der Waals surface area contributed by atoms with E-state index in [1.54, 1.807) is 18.2 Å². The van der Waals surface area contributed by atoms with E-state index < -0.39 is 10.1 Å². The van der Waals surface area contributed by atoms with Crippen molar-refractivity contribution in [3.63, 3.8) is 0 Å². The molecule has 1 aliphatic carbocycles. The van der Waals surface area contributed by atoms with Crippen molar-refractivity contribution in [1.29, 1.82) is 0 Å². The molecule has 0 aliphatic heterocycles. The van der Waals surface area contributed by atoms with Gasteiger partial charge < -0.3 is 0 Å². The van der Waals surface area contributed by atoms with Crippen LogP contribution in [0.15, 0.2) is 35.2 Å². The molecule has 0 bridgehead atoms. The third kappa shape index (κ3) is 4.38. The zero-order valence-corrected chi connectivity index (χ0v) is 13.1. The molecule has 0 saturated heterocycles. The van der Waals surface area contributed by atoms with Crippen LogP contribution in [0.4, 0.5) is 0 Å². The lowest BCUT2D eigenvalue weighted by atomic mass is 9.79. The number of carbonyl (C=O) groups is 1. The molecular weight excluding hydrogens is 288 g/mol. The van der Waals surface area contributed by atoms with E-state index in [1.165, 1.54) is 12.1 Å². The van der Waals surface area contributed by atoms with Gasteiger partial charge in [0.25, 0.3) is 10.1 Å². The standard InChI is InChI=1S/C16H22O4S/c1-2-13-8-10-14(11-9-13)16(17)12-20-21(18,19)15-6-4-3-5-7-15/h3-7,13-14H,2,8-12H2,1H3. The Kier molecular flexibility index (Phi) is 5.53. The summed E-state index contributed by atoms with van der Waals surface area (Å²) in [5.41, 5.74) is 0. The van der Waals surface area contributed by atoms with Crippen LogP contribution in [-0.2, 0) is 19.1 Å². The van der Waals surface area contributed by atoms with Crippen LogP contribution in [0.25, 0.3) is 0 Å². The molecule has 0 unspecified atom stereocenters. The molecule has 0 aromatic heterocycles. The Bertz CT molecular complexity index is 557. The molecule has 116 valence electrons. The number of rotatable bonds is 6. The number of Topliss-reactive ketones (excluding diaryl/α,β-unsaturated/α-hetero) is 1. The van der Waals surface area contributed by atoms with Crippen LogP contribution in [0.1, 0.15) is 39.0 Å². The third-order valence-corrected chi connectivity index (χ3v) is 5.55. The van der Waals surface area contributed by atoms with E-state index in [1.807, 2.05) is 0 Å². The largest absolute Gasteiger partial charge is 0.297 e. The molecule has 2 rings (SSSR count). The SMILES string of the molecule is CCC1CCC(C(=O)COS(=O)(=O)c2ccccc2)CC1. The van der Waals surface area contributed by atoms with E-state index in [-0.39, 0.29) is 23.2 Å². The molecule has 1 aromatic rings. The predicted molar refractivity (Wildman–Crippen MR) is 80.3 cm³/mol. The van der Waals surface area contributed by atoms with Crippen molar-refractivity contribution in [2.24, 2.45) is 11.8 Å². The highest BCUT2D eigenvalue weighted by atomic mass is 32.2. The number of hydrogen-bond acceptors (Lipinski definition) is 4. The van der Waals surface area contributed by atoms with E-state index >= 15 is 0 Å². The fourth-order valence-electron chi connectivity index (χ4n) is 2.80. The second-order valence-electron chi connectivity index (χ2n) is 5.62. The normalized spacial score (nSPS) is 22.9. The maximum atomic E-state index is 12.1. The van der Waals surface area contributed by atoms with E-state index in [2.05, 4.69) is 6.92 Å². The Hall–Kier alpha value is -1.20. The van der Waals surface area contributed by atoms with E-state index in [0.717, 1.165) is 32.1 Å². The van der Waals surface area contributed by atoms with Gasteiger partial charge in [0.1, 0.15) is 6.61 Å². The van der Waals surface area contributed by atoms with Gasteiger partial charge in [-0.1, -0.05) is 31.5 Å². The minimum Gasteiger partial charge on any atom is -0.297 e. The average molecular weight is 310 g/mol. The topological polar surface area (TPSA) is 60.4 Å². The van der Waals surface area contributed by atoms with E-state index in [4.69, 9.17) is 4.18 Å². The molecule has 5 heteroatoms. The summed E-state index contributed by atoms with van der Waals surface area (Å²) in [5, 5.41) is 0. The van der Waals surface area contributed by atoms with Crippen molar-refractivity contribution in [3.05, 3.63) is 30.3 Å². The third-order valence-electron chi connectivity index (χ3n) is 4.27. The molecule has 1 aliphatic rings. The minimum absolute atomic E-state index is 0.0428. The molecule has 0 amide bonds. The van der Waals surface area contributed by atoms with Crippen LogP contribution >= 0.6 is 0 Å². The van der Waals surface area contributed by atoms with Crippen LogP contribution in [0.5, 0.6) is 0 Å². The van der Waals surface area contributed by atoms with Crippen molar-refractivity contribution in [1.82, 2.24) is 0 Å². The zero-order chi connectivity index (χ0) is 15.3. The maximum absolute atomic E-state index is 12.1. The fraction of sp³-hybridized carbons (Fsp3) is 0.562.